The fraction of sp³-hybridized carbons (Fsp3) is 0.862. The Kier molecular flexibility index (Phi) is 6.19. The molecule has 0 amide bonds. The van der Waals surface area contributed by atoms with Gasteiger partial charge in [-0.3, -0.25) is 0 Å². The van der Waals surface area contributed by atoms with Crippen LogP contribution >= 0.6 is 0 Å². The number of allylic oxidation sites excluding steroid dienone is 3. The molecule has 0 aromatic rings. The van der Waals surface area contributed by atoms with Gasteiger partial charge in [-0.05, 0) is 118 Å². The van der Waals surface area contributed by atoms with E-state index in [4.69, 9.17) is 9.47 Å². The molecule has 5 fully saturated rings. The van der Waals surface area contributed by atoms with Crippen LogP contribution in [0.4, 0.5) is 0 Å². The summed E-state index contributed by atoms with van der Waals surface area (Å²) in [7, 11) is 0. The lowest BCUT2D eigenvalue weighted by atomic mass is 9.44. The van der Waals surface area contributed by atoms with Crippen LogP contribution in [0.2, 0.25) is 0 Å². The van der Waals surface area contributed by atoms with Crippen molar-refractivity contribution in [3.63, 3.8) is 0 Å². The first-order valence-electron chi connectivity index (χ1n) is 13.5. The Morgan fingerprint density at radius 1 is 0.935 bits per heavy atom. The molecule has 0 spiro atoms. The van der Waals surface area contributed by atoms with Gasteiger partial charge in [-0.2, -0.15) is 0 Å². The van der Waals surface area contributed by atoms with E-state index in [1.807, 2.05) is 6.08 Å². The van der Waals surface area contributed by atoms with Crippen molar-refractivity contribution in [1.82, 2.24) is 0 Å². The molecule has 1 aliphatic heterocycles. The monoisotopic (exact) mass is 426 g/mol. The first-order chi connectivity index (χ1) is 15.0. The van der Waals surface area contributed by atoms with Crippen LogP contribution in [0, 0.1) is 40.4 Å². The average Bonchev–Trinajstić information content (AvgIpc) is 3.12. The fourth-order valence-electron chi connectivity index (χ4n) is 9.48. The van der Waals surface area contributed by atoms with Gasteiger partial charge in [-0.1, -0.05) is 38.2 Å². The highest BCUT2D eigenvalue weighted by molar-refractivity contribution is 5.20. The summed E-state index contributed by atoms with van der Waals surface area (Å²) in [6.45, 7) is 13.4. The Hall–Kier alpha value is -0.600. The van der Waals surface area contributed by atoms with Gasteiger partial charge >= 0.3 is 0 Å². The maximum Gasteiger partial charge on any atom is 0.0813 e. The van der Waals surface area contributed by atoms with Crippen molar-refractivity contribution in [2.75, 3.05) is 13.2 Å². The van der Waals surface area contributed by atoms with Crippen molar-refractivity contribution >= 4 is 0 Å². The number of ether oxygens (including phenoxy) is 2. The molecule has 31 heavy (non-hydrogen) atoms. The molecular formula is C29H46O2. The van der Waals surface area contributed by atoms with E-state index in [0.29, 0.717) is 23.0 Å². The molecule has 0 N–H and O–H groups in total. The minimum Gasteiger partial charge on any atom is -0.379 e. The van der Waals surface area contributed by atoms with E-state index < -0.39 is 0 Å². The number of hydrogen-bond donors (Lipinski definition) is 0. The van der Waals surface area contributed by atoms with Crippen LogP contribution in [-0.4, -0.2) is 25.4 Å². The molecule has 5 rings (SSSR count). The third-order valence-corrected chi connectivity index (χ3v) is 11.1. The molecule has 2 unspecified atom stereocenters. The predicted octanol–water partition coefficient (Wildman–Crippen LogP) is 7.34. The second-order valence-electron chi connectivity index (χ2n) is 12.3. The summed E-state index contributed by atoms with van der Waals surface area (Å²) >= 11 is 0. The van der Waals surface area contributed by atoms with Gasteiger partial charge < -0.3 is 9.47 Å². The number of hydrogen-bond acceptors (Lipinski definition) is 2. The van der Waals surface area contributed by atoms with Crippen molar-refractivity contribution in [3.8, 4) is 0 Å². The minimum absolute atomic E-state index is 0.358. The van der Waals surface area contributed by atoms with Gasteiger partial charge in [0.1, 0.15) is 0 Å². The van der Waals surface area contributed by atoms with Gasteiger partial charge in [0, 0.05) is 6.61 Å². The molecule has 0 aromatic carbocycles. The lowest BCUT2D eigenvalue weighted by Crippen LogP contribution is -2.54. The van der Waals surface area contributed by atoms with Crippen LogP contribution in [0.3, 0.4) is 0 Å². The Morgan fingerprint density at radius 3 is 2.52 bits per heavy atom. The second kappa shape index (κ2) is 8.64. The maximum absolute atomic E-state index is 6.57. The molecule has 2 heteroatoms. The van der Waals surface area contributed by atoms with Crippen LogP contribution in [-0.2, 0) is 9.47 Å². The van der Waals surface area contributed by atoms with Gasteiger partial charge in [-0.15, -0.1) is 0 Å². The normalized spacial score (nSPS) is 50.3. The van der Waals surface area contributed by atoms with Gasteiger partial charge in [0.2, 0.25) is 0 Å². The summed E-state index contributed by atoms with van der Waals surface area (Å²) in [5.41, 5.74) is 2.66. The maximum atomic E-state index is 6.57. The van der Waals surface area contributed by atoms with Crippen LogP contribution in [0.1, 0.15) is 91.4 Å². The highest BCUT2D eigenvalue weighted by Crippen LogP contribution is 2.68. The highest BCUT2D eigenvalue weighted by atomic mass is 16.5. The van der Waals surface area contributed by atoms with E-state index in [1.165, 1.54) is 70.6 Å². The van der Waals surface area contributed by atoms with Gasteiger partial charge in [0.25, 0.3) is 0 Å². The molecular weight excluding hydrogens is 380 g/mol. The zero-order chi connectivity index (χ0) is 21.6. The van der Waals surface area contributed by atoms with Crippen molar-refractivity contribution in [2.45, 2.75) is 104 Å². The van der Waals surface area contributed by atoms with E-state index in [0.717, 1.165) is 42.8 Å². The number of rotatable bonds is 4. The Morgan fingerprint density at radius 2 is 1.74 bits per heavy atom. The van der Waals surface area contributed by atoms with Gasteiger partial charge in [-0.25, -0.2) is 0 Å². The average molecular weight is 427 g/mol. The first kappa shape index (κ1) is 22.2. The fourth-order valence-corrected chi connectivity index (χ4v) is 9.48. The van der Waals surface area contributed by atoms with E-state index in [9.17, 15) is 0 Å². The first-order valence-corrected chi connectivity index (χ1v) is 13.5. The van der Waals surface area contributed by atoms with Crippen LogP contribution in [0.15, 0.2) is 24.3 Å². The standard InChI is InChI=1S/C29H46O2/c1-5-7-20(2)25-11-12-26-24-10-9-21-18-22(31-23-8-6-17-30-19-23)13-15-28(21,3)27(24)14-16-29(25,26)4/h5,7,21-27H,1,6,8-19H2,2-4H3/t21?,22-,23?,24-,25+,26-,27-,28-,29+/m0/s1. The minimum atomic E-state index is 0.358. The largest absolute Gasteiger partial charge is 0.379 e. The SMILES string of the molecule is C=CC=C(C)[C@H]1CC[C@H]2[C@@H]3CCC4C[C@@H](OC5CCCOC5)CC[C@]4(C)[C@H]3CC[C@]12C. The van der Waals surface area contributed by atoms with E-state index in [-0.39, 0.29) is 0 Å². The second-order valence-corrected chi connectivity index (χ2v) is 12.3. The summed E-state index contributed by atoms with van der Waals surface area (Å²) < 4.78 is 12.2. The summed E-state index contributed by atoms with van der Waals surface area (Å²) in [6.07, 6.45) is 20.2. The molecule has 174 valence electrons. The van der Waals surface area contributed by atoms with Gasteiger partial charge in [0.15, 0.2) is 0 Å². The summed E-state index contributed by atoms with van der Waals surface area (Å²) in [6, 6.07) is 0. The highest BCUT2D eigenvalue weighted by Gasteiger charge is 2.60. The Bertz CT molecular complexity index is 691. The van der Waals surface area contributed by atoms with Crippen molar-refractivity contribution in [1.29, 1.82) is 0 Å². The van der Waals surface area contributed by atoms with Gasteiger partial charge in [0.05, 0.1) is 18.8 Å². The molecule has 5 aliphatic rings. The van der Waals surface area contributed by atoms with Crippen molar-refractivity contribution in [2.24, 2.45) is 40.4 Å². The molecule has 0 bridgehead atoms. The molecule has 2 nitrogen and oxygen atoms in total. The quantitative estimate of drug-likeness (QED) is 0.438. The van der Waals surface area contributed by atoms with Crippen molar-refractivity contribution in [3.05, 3.63) is 24.3 Å². The molecule has 4 saturated carbocycles. The molecule has 0 radical (unpaired) electrons. The van der Waals surface area contributed by atoms with E-state index >= 15 is 0 Å². The molecule has 0 aromatic heterocycles. The van der Waals surface area contributed by atoms with Crippen LogP contribution in [0.5, 0.6) is 0 Å². The molecule has 4 aliphatic carbocycles. The smallest absolute Gasteiger partial charge is 0.0813 e. The van der Waals surface area contributed by atoms with Crippen LogP contribution < -0.4 is 0 Å². The zero-order valence-corrected chi connectivity index (χ0v) is 20.4. The molecule has 1 saturated heterocycles. The molecule has 9 atom stereocenters. The molecule has 1 heterocycles. The van der Waals surface area contributed by atoms with E-state index in [1.54, 1.807) is 5.57 Å². The predicted molar refractivity (Wildman–Crippen MR) is 128 cm³/mol. The lowest BCUT2D eigenvalue weighted by molar-refractivity contribution is -0.153. The third-order valence-electron chi connectivity index (χ3n) is 11.1. The summed E-state index contributed by atoms with van der Waals surface area (Å²) in [5, 5.41) is 0. The number of fused-ring (bicyclic) bond motifs is 5. The Balaban J connectivity index is 1.28. The van der Waals surface area contributed by atoms with Crippen LogP contribution in [0.25, 0.3) is 0 Å². The zero-order valence-electron chi connectivity index (χ0n) is 20.4. The Labute approximate surface area is 191 Å². The third kappa shape index (κ3) is 3.78. The lowest BCUT2D eigenvalue weighted by Gasteiger charge is -2.61. The summed E-state index contributed by atoms with van der Waals surface area (Å²) in [4.78, 5) is 0. The topological polar surface area (TPSA) is 18.5 Å². The van der Waals surface area contributed by atoms with E-state index in [2.05, 4.69) is 33.4 Å². The van der Waals surface area contributed by atoms with Crippen molar-refractivity contribution < 1.29 is 9.47 Å². The summed E-state index contributed by atoms with van der Waals surface area (Å²) in [5.74, 6) is 4.51.